The Kier molecular flexibility index (Phi) is 2.62. The highest BCUT2D eigenvalue weighted by Crippen LogP contribution is 2.26. The summed E-state index contributed by atoms with van der Waals surface area (Å²) in [5.41, 5.74) is 8.97. The Morgan fingerprint density at radius 3 is 2.88 bits per heavy atom. The van der Waals surface area contributed by atoms with Gasteiger partial charge >= 0.3 is 0 Å². The summed E-state index contributed by atoms with van der Waals surface area (Å²) in [5.74, 6) is 0. The van der Waals surface area contributed by atoms with E-state index in [0.29, 0.717) is 6.54 Å². The van der Waals surface area contributed by atoms with Crippen LogP contribution in [-0.4, -0.2) is 20.9 Å². The van der Waals surface area contributed by atoms with Gasteiger partial charge in [0.1, 0.15) is 0 Å². The highest BCUT2D eigenvalue weighted by molar-refractivity contribution is 7.15. The molecular weight excluding hydrogens is 232 g/mol. The molecule has 0 amide bonds. The molecule has 0 atom stereocenters. The smallest absolute Gasteiger partial charge is 0.194 e. The van der Waals surface area contributed by atoms with Crippen LogP contribution in [0, 0.1) is 0 Å². The largest absolute Gasteiger partial charge is 0.330 e. The highest BCUT2D eigenvalue weighted by Gasteiger charge is 2.13. The molecule has 0 aliphatic carbocycles. The second kappa shape index (κ2) is 4.27. The van der Waals surface area contributed by atoms with Crippen LogP contribution in [0.5, 0.6) is 0 Å². The van der Waals surface area contributed by atoms with E-state index in [1.807, 2.05) is 23.7 Å². The molecule has 0 unspecified atom stereocenters. The number of nitrogens with two attached hydrogens (primary N) is 1. The fourth-order valence-electron chi connectivity index (χ4n) is 1.95. The van der Waals surface area contributed by atoms with Crippen molar-refractivity contribution in [1.82, 2.24) is 14.4 Å². The van der Waals surface area contributed by atoms with Crippen molar-refractivity contribution in [3.05, 3.63) is 41.8 Å². The number of hydrogen-bond donors (Lipinski definition) is 1. The summed E-state index contributed by atoms with van der Waals surface area (Å²) in [6, 6.07) is 3.96. The molecule has 0 bridgehead atoms. The number of hydrogen-bond acceptors (Lipinski definition) is 4. The standard InChI is InChI=1S/C12H12N4S/c13-4-1-10-11(9-2-5-14-6-3-9)15-12-16(10)7-8-17-12/h2-3,5-8H,1,4,13H2. The summed E-state index contributed by atoms with van der Waals surface area (Å²) < 4.78 is 2.12. The fraction of sp³-hybridized carbons (Fsp3) is 0.167. The predicted octanol–water partition coefficient (Wildman–Crippen LogP) is 1.96. The third kappa shape index (κ3) is 1.73. The average Bonchev–Trinajstić information content (AvgIpc) is 2.93. The van der Waals surface area contributed by atoms with E-state index >= 15 is 0 Å². The van der Waals surface area contributed by atoms with Gasteiger partial charge in [-0.05, 0) is 18.7 Å². The van der Waals surface area contributed by atoms with E-state index in [9.17, 15) is 0 Å². The Bertz CT molecular complexity index is 626. The molecule has 0 radical (unpaired) electrons. The number of rotatable bonds is 3. The van der Waals surface area contributed by atoms with Crippen molar-refractivity contribution < 1.29 is 0 Å². The molecule has 0 aliphatic heterocycles. The first-order chi connectivity index (χ1) is 8.40. The van der Waals surface area contributed by atoms with Gasteiger partial charge < -0.3 is 5.73 Å². The summed E-state index contributed by atoms with van der Waals surface area (Å²) in [4.78, 5) is 9.71. The number of aromatic nitrogens is 3. The first-order valence-electron chi connectivity index (χ1n) is 5.45. The van der Waals surface area contributed by atoms with Crippen LogP contribution in [0.1, 0.15) is 5.69 Å². The zero-order chi connectivity index (χ0) is 11.7. The molecule has 0 spiro atoms. The van der Waals surface area contributed by atoms with Crippen LogP contribution < -0.4 is 5.73 Å². The number of fused-ring (bicyclic) bond motifs is 1. The van der Waals surface area contributed by atoms with Crippen LogP contribution >= 0.6 is 11.3 Å². The minimum atomic E-state index is 0.627. The molecule has 86 valence electrons. The lowest BCUT2D eigenvalue weighted by molar-refractivity contribution is 0.911. The van der Waals surface area contributed by atoms with Gasteiger partial charge in [0.05, 0.1) is 11.4 Å². The van der Waals surface area contributed by atoms with Gasteiger partial charge in [-0.3, -0.25) is 9.38 Å². The second-order valence-electron chi connectivity index (χ2n) is 3.74. The number of imidazole rings is 1. The first-order valence-corrected chi connectivity index (χ1v) is 6.33. The fourth-order valence-corrected chi connectivity index (χ4v) is 2.68. The van der Waals surface area contributed by atoms with E-state index in [1.54, 1.807) is 23.7 Å². The molecule has 5 heteroatoms. The van der Waals surface area contributed by atoms with Crippen molar-refractivity contribution >= 4 is 16.3 Å². The molecule has 4 nitrogen and oxygen atoms in total. The molecule has 17 heavy (non-hydrogen) atoms. The van der Waals surface area contributed by atoms with Crippen LogP contribution in [0.2, 0.25) is 0 Å². The number of thiazole rings is 1. The summed E-state index contributed by atoms with van der Waals surface area (Å²) in [6.45, 7) is 0.627. The van der Waals surface area contributed by atoms with Gasteiger partial charge in [0, 0.05) is 36.0 Å². The predicted molar refractivity (Wildman–Crippen MR) is 69.1 cm³/mol. The Morgan fingerprint density at radius 1 is 1.29 bits per heavy atom. The van der Waals surface area contributed by atoms with Gasteiger partial charge in [-0.25, -0.2) is 4.98 Å². The van der Waals surface area contributed by atoms with Gasteiger partial charge in [-0.15, -0.1) is 11.3 Å². The molecule has 0 saturated carbocycles. The lowest BCUT2D eigenvalue weighted by Gasteiger charge is -2.02. The highest BCUT2D eigenvalue weighted by atomic mass is 32.1. The van der Waals surface area contributed by atoms with Gasteiger partial charge in [-0.2, -0.15) is 0 Å². The SMILES string of the molecule is NCCc1c(-c2ccncc2)nc2sccn12. The molecule has 3 rings (SSSR count). The summed E-state index contributed by atoms with van der Waals surface area (Å²) in [5, 5.41) is 2.04. The lowest BCUT2D eigenvalue weighted by Crippen LogP contribution is -2.05. The van der Waals surface area contributed by atoms with E-state index in [4.69, 9.17) is 5.73 Å². The van der Waals surface area contributed by atoms with Gasteiger partial charge in [0.2, 0.25) is 0 Å². The van der Waals surface area contributed by atoms with Crippen molar-refractivity contribution in [2.75, 3.05) is 6.54 Å². The minimum absolute atomic E-state index is 0.627. The maximum absolute atomic E-state index is 5.68. The van der Waals surface area contributed by atoms with Gasteiger partial charge in [0.25, 0.3) is 0 Å². The quantitative estimate of drug-likeness (QED) is 0.766. The van der Waals surface area contributed by atoms with Crippen LogP contribution in [0.3, 0.4) is 0 Å². The first kappa shape index (κ1) is 10.4. The maximum Gasteiger partial charge on any atom is 0.194 e. The number of pyridine rings is 1. The Hall–Kier alpha value is -1.72. The monoisotopic (exact) mass is 244 g/mol. The lowest BCUT2D eigenvalue weighted by atomic mass is 10.1. The zero-order valence-electron chi connectivity index (χ0n) is 9.21. The molecule has 3 aromatic rings. The normalized spacial score (nSPS) is 11.1. The van der Waals surface area contributed by atoms with Crippen LogP contribution in [0.25, 0.3) is 16.2 Å². The second-order valence-corrected chi connectivity index (χ2v) is 4.61. The Labute approximate surface area is 103 Å². The van der Waals surface area contributed by atoms with Crippen molar-refractivity contribution in [2.24, 2.45) is 5.73 Å². The Balaban J connectivity index is 2.21. The van der Waals surface area contributed by atoms with Crippen molar-refractivity contribution in [3.8, 4) is 11.3 Å². The van der Waals surface area contributed by atoms with Crippen LogP contribution in [-0.2, 0) is 6.42 Å². The van der Waals surface area contributed by atoms with E-state index < -0.39 is 0 Å². The van der Waals surface area contributed by atoms with Gasteiger partial charge in [-0.1, -0.05) is 0 Å². The molecule has 3 heterocycles. The third-order valence-electron chi connectivity index (χ3n) is 2.70. The molecule has 0 fully saturated rings. The molecule has 0 aromatic carbocycles. The van der Waals surface area contributed by atoms with Crippen LogP contribution in [0.15, 0.2) is 36.1 Å². The third-order valence-corrected chi connectivity index (χ3v) is 3.45. The number of nitrogens with zero attached hydrogens (tertiary/aromatic N) is 3. The molecular formula is C12H12N4S. The minimum Gasteiger partial charge on any atom is -0.330 e. The van der Waals surface area contributed by atoms with Crippen molar-refractivity contribution in [3.63, 3.8) is 0 Å². The zero-order valence-corrected chi connectivity index (χ0v) is 10.0. The van der Waals surface area contributed by atoms with E-state index in [2.05, 4.69) is 14.4 Å². The summed E-state index contributed by atoms with van der Waals surface area (Å²) >= 11 is 1.64. The van der Waals surface area contributed by atoms with Gasteiger partial charge in [0.15, 0.2) is 4.96 Å². The van der Waals surface area contributed by atoms with Crippen molar-refractivity contribution in [1.29, 1.82) is 0 Å². The maximum atomic E-state index is 5.68. The average molecular weight is 244 g/mol. The summed E-state index contributed by atoms with van der Waals surface area (Å²) in [6.07, 6.45) is 6.45. The van der Waals surface area contributed by atoms with E-state index in [-0.39, 0.29) is 0 Å². The summed E-state index contributed by atoms with van der Waals surface area (Å²) in [7, 11) is 0. The molecule has 3 aromatic heterocycles. The molecule has 2 N–H and O–H groups in total. The van der Waals surface area contributed by atoms with Crippen molar-refractivity contribution in [2.45, 2.75) is 6.42 Å². The molecule has 0 aliphatic rings. The van der Waals surface area contributed by atoms with E-state index in [1.165, 1.54) is 5.69 Å². The Morgan fingerprint density at radius 2 is 2.12 bits per heavy atom. The topological polar surface area (TPSA) is 56.2 Å². The van der Waals surface area contributed by atoms with Crippen LogP contribution in [0.4, 0.5) is 0 Å². The molecule has 0 saturated heterocycles. The van der Waals surface area contributed by atoms with E-state index in [0.717, 1.165) is 22.6 Å².